The second-order valence-corrected chi connectivity index (χ2v) is 10.6. The van der Waals surface area contributed by atoms with Crippen molar-refractivity contribution in [2.45, 2.75) is 0 Å². The summed E-state index contributed by atoms with van der Waals surface area (Å²) in [5.41, 5.74) is 4.59. The normalized spacial score (nSPS) is 11.1. The molecule has 3 aromatic rings. The van der Waals surface area contributed by atoms with Crippen LogP contribution in [0.4, 0.5) is 11.4 Å². The molecule has 0 heterocycles. The molecular weight excluding hydrogens is 501 g/mol. The molecule has 0 aliphatic carbocycles. The van der Waals surface area contributed by atoms with Gasteiger partial charge in [-0.3, -0.25) is 0 Å². The Morgan fingerprint density at radius 3 is 2.04 bits per heavy atom. The number of hydrogen-bond acceptors (Lipinski definition) is 4. The molecule has 0 saturated heterocycles. The third-order valence-electron chi connectivity index (χ3n) is 3.27. The zero-order valence-corrected chi connectivity index (χ0v) is 19.1. The molecule has 0 aliphatic rings. The van der Waals surface area contributed by atoms with Crippen LogP contribution in [0.25, 0.3) is 0 Å². The average Bonchev–Trinajstić information content (AvgIpc) is 2.70. The van der Waals surface area contributed by atoms with Gasteiger partial charge in [0.2, 0.25) is 0 Å². The molecular formula is C19H16HgN4O. The van der Waals surface area contributed by atoms with E-state index in [2.05, 4.69) is 32.9 Å². The van der Waals surface area contributed by atoms with Crippen molar-refractivity contribution in [1.82, 2.24) is 0 Å². The summed E-state index contributed by atoms with van der Waals surface area (Å²) in [5, 5.41) is 12.6. The Morgan fingerprint density at radius 2 is 1.36 bits per heavy atom. The Hall–Kier alpha value is -2.53. The van der Waals surface area contributed by atoms with E-state index in [4.69, 9.17) is 2.64 Å². The Balaban J connectivity index is 1.71. The first kappa shape index (κ1) is 17.3. The van der Waals surface area contributed by atoms with E-state index in [1.807, 2.05) is 78.9 Å². The molecule has 0 amide bonds. The zero-order chi connectivity index (χ0) is 17.2. The minimum atomic E-state index is -1.79. The zero-order valence-electron chi connectivity index (χ0n) is 13.6. The van der Waals surface area contributed by atoms with E-state index in [0.717, 1.165) is 11.4 Å². The predicted molar refractivity (Wildman–Crippen MR) is 95.6 cm³/mol. The molecule has 0 saturated carbocycles. The summed E-state index contributed by atoms with van der Waals surface area (Å²) < 4.78 is 7.18. The summed E-state index contributed by atoms with van der Waals surface area (Å²) in [7, 11) is 0. The first-order chi connectivity index (χ1) is 12.4. The van der Waals surface area contributed by atoms with Gasteiger partial charge >= 0.3 is 160 Å². The molecule has 0 unspecified atom stereocenters. The van der Waals surface area contributed by atoms with E-state index in [-0.39, 0.29) is 6.02 Å². The van der Waals surface area contributed by atoms with E-state index in [1.165, 1.54) is 3.07 Å². The van der Waals surface area contributed by atoms with Crippen molar-refractivity contribution in [3.8, 4) is 0 Å². The number of nitrogens with one attached hydrogen (secondary N) is 1. The van der Waals surface area contributed by atoms with Crippen LogP contribution < -0.4 is 8.50 Å². The Labute approximate surface area is 159 Å². The van der Waals surface area contributed by atoms with Crippen LogP contribution in [0.15, 0.2) is 106 Å². The standard InChI is InChI=1S/C13H12N4O.C6H5.Hg/c18-13(16-14-11-7-3-1-4-8-11)17-15-12-9-5-2-6-10-12;1-2-4-6-5-3-1;/h1-10,14H,(H,16,18);1-5H;/q;;+1/p-1. The molecule has 0 atom stereocenters. The summed E-state index contributed by atoms with van der Waals surface area (Å²) in [6.07, 6.45) is 0. The van der Waals surface area contributed by atoms with Gasteiger partial charge in [-0.1, -0.05) is 0 Å². The number of para-hydroxylation sites is 1. The van der Waals surface area contributed by atoms with Crippen LogP contribution in [0.3, 0.4) is 0 Å². The van der Waals surface area contributed by atoms with Gasteiger partial charge < -0.3 is 0 Å². The van der Waals surface area contributed by atoms with Crippen molar-refractivity contribution in [3.63, 3.8) is 0 Å². The van der Waals surface area contributed by atoms with Gasteiger partial charge in [0.25, 0.3) is 0 Å². The molecule has 0 aromatic heterocycles. The van der Waals surface area contributed by atoms with Gasteiger partial charge in [-0.2, -0.15) is 0 Å². The number of anilines is 1. The van der Waals surface area contributed by atoms with E-state index >= 15 is 0 Å². The number of hydrazone groups is 1. The number of azo groups is 1. The van der Waals surface area contributed by atoms with Gasteiger partial charge in [-0.25, -0.2) is 0 Å². The van der Waals surface area contributed by atoms with Gasteiger partial charge in [0, 0.05) is 0 Å². The summed E-state index contributed by atoms with van der Waals surface area (Å²) in [6.45, 7) is 0. The van der Waals surface area contributed by atoms with Crippen molar-refractivity contribution < 1.29 is 27.7 Å². The number of hydrogen-bond donors (Lipinski definition) is 1. The second kappa shape index (κ2) is 9.69. The van der Waals surface area contributed by atoms with Crippen LogP contribution in [-0.4, -0.2) is 6.02 Å². The van der Waals surface area contributed by atoms with E-state index in [9.17, 15) is 0 Å². The van der Waals surface area contributed by atoms with Crippen LogP contribution in [-0.2, 0) is 27.7 Å². The van der Waals surface area contributed by atoms with Gasteiger partial charge in [0.15, 0.2) is 0 Å². The first-order valence-corrected chi connectivity index (χ1v) is 12.9. The molecule has 0 bridgehead atoms. The van der Waals surface area contributed by atoms with Crippen molar-refractivity contribution >= 4 is 20.5 Å². The van der Waals surface area contributed by atoms with Gasteiger partial charge in [0.1, 0.15) is 0 Å². The van der Waals surface area contributed by atoms with Crippen molar-refractivity contribution in [3.05, 3.63) is 91.0 Å². The summed E-state index contributed by atoms with van der Waals surface area (Å²) in [6, 6.07) is 29.7. The average molecular weight is 517 g/mol. The van der Waals surface area contributed by atoms with E-state index < -0.39 is 25.0 Å². The molecule has 0 radical (unpaired) electrons. The third kappa shape index (κ3) is 6.12. The summed E-state index contributed by atoms with van der Waals surface area (Å²) >= 11 is -1.79. The molecule has 0 spiro atoms. The third-order valence-corrected chi connectivity index (χ3v) is 7.97. The van der Waals surface area contributed by atoms with Crippen LogP contribution >= 0.6 is 0 Å². The molecule has 0 aliphatic heterocycles. The minimum absolute atomic E-state index is 0.262. The number of amidine groups is 1. The van der Waals surface area contributed by atoms with E-state index in [1.54, 1.807) is 0 Å². The molecule has 3 aromatic carbocycles. The fourth-order valence-corrected chi connectivity index (χ4v) is 5.46. The van der Waals surface area contributed by atoms with Gasteiger partial charge in [-0.15, -0.1) is 0 Å². The van der Waals surface area contributed by atoms with Crippen molar-refractivity contribution in [1.29, 1.82) is 0 Å². The quantitative estimate of drug-likeness (QED) is 0.179. The van der Waals surface area contributed by atoms with Crippen LogP contribution in [0, 0.1) is 0 Å². The monoisotopic (exact) mass is 518 g/mol. The molecule has 6 heteroatoms. The molecule has 0 fully saturated rings. The predicted octanol–water partition coefficient (Wildman–Crippen LogP) is 4.49. The first-order valence-electron chi connectivity index (χ1n) is 7.92. The molecule has 3 rings (SSSR count). The molecule has 5 nitrogen and oxygen atoms in total. The molecule has 120 valence electrons. The maximum atomic E-state index is 5.92. The molecule has 25 heavy (non-hydrogen) atoms. The summed E-state index contributed by atoms with van der Waals surface area (Å²) in [5.74, 6) is 0. The van der Waals surface area contributed by atoms with Crippen LogP contribution in [0.5, 0.6) is 0 Å². The molecule has 1 N–H and O–H groups in total. The number of benzene rings is 3. The summed E-state index contributed by atoms with van der Waals surface area (Å²) in [4.78, 5) is 0. The Bertz CT molecular complexity index is 824. The number of rotatable bonds is 5. The fourth-order valence-electron chi connectivity index (χ4n) is 2.03. The fraction of sp³-hybridized carbons (Fsp3) is 0. The van der Waals surface area contributed by atoms with Gasteiger partial charge in [-0.05, 0) is 0 Å². The number of nitrogens with zero attached hydrogens (tertiary/aromatic N) is 3. The van der Waals surface area contributed by atoms with Crippen molar-refractivity contribution in [2.24, 2.45) is 15.3 Å². The Morgan fingerprint density at radius 1 is 0.760 bits per heavy atom. The van der Waals surface area contributed by atoms with E-state index in [0.29, 0.717) is 0 Å². The van der Waals surface area contributed by atoms with Crippen molar-refractivity contribution in [2.75, 3.05) is 5.43 Å². The van der Waals surface area contributed by atoms with Gasteiger partial charge in [0.05, 0.1) is 0 Å². The van der Waals surface area contributed by atoms with Crippen LogP contribution in [0.2, 0.25) is 0 Å². The maximum absolute atomic E-state index is 5.92. The van der Waals surface area contributed by atoms with Crippen LogP contribution in [0.1, 0.15) is 0 Å². The second-order valence-electron chi connectivity index (χ2n) is 5.18. The Kier molecular flexibility index (Phi) is 6.70. The SMILES string of the molecule is c1ccc(N=N/C(=N/Nc2ccccc2)[O][Hg][c]2ccccc2)cc1. The topological polar surface area (TPSA) is 58.3 Å².